The fourth-order valence-electron chi connectivity index (χ4n) is 4.23. The van der Waals surface area contributed by atoms with Crippen LogP contribution in [0.2, 0.25) is 0 Å². The van der Waals surface area contributed by atoms with E-state index in [4.69, 9.17) is 14.2 Å². The summed E-state index contributed by atoms with van der Waals surface area (Å²) in [4.78, 5) is 27.4. The molecule has 0 saturated carbocycles. The first-order chi connectivity index (χ1) is 16.7. The van der Waals surface area contributed by atoms with Gasteiger partial charge in [0.05, 0.1) is 13.2 Å². The number of alkyl halides is 3. The number of ether oxygens (including phenoxy) is 3. The number of hydrogen-bond donors (Lipinski definition) is 0. The Kier molecular flexibility index (Phi) is 6.42. The molecule has 0 N–H and O–H groups in total. The molecule has 35 heavy (non-hydrogen) atoms. The Balaban J connectivity index is 2.12. The molecule has 0 saturated heterocycles. The number of carbonyl (C=O) groups excluding carboxylic acids is 2. The molecule has 0 amide bonds. The molecule has 2 unspecified atom stereocenters. The van der Waals surface area contributed by atoms with Crippen LogP contribution >= 0.6 is 0 Å². The number of benzene rings is 2. The zero-order valence-corrected chi connectivity index (χ0v) is 18.8. The lowest BCUT2D eigenvalue weighted by atomic mass is 9.81. The van der Waals surface area contributed by atoms with E-state index in [1.165, 1.54) is 20.0 Å². The van der Waals surface area contributed by atoms with Gasteiger partial charge in [0.15, 0.2) is 6.23 Å². The van der Waals surface area contributed by atoms with Crippen LogP contribution in [0, 0.1) is 5.82 Å². The minimum Gasteiger partial charge on any atom is -0.462 e. The summed E-state index contributed by atoms with van der Waals surface area (Å²) in [5.74, 6) is -3.37. The molecular weight excluding hydrogens is 470 g/mol. The van der Waals surface area contributed by atoms with E-state index in [1.54, 1.807) is 30.3 Å². The third-order valence-corrected chi connectivity index (χ3v) is 5.66. The van der Waals surface area contributed by atoms with Crippen molar-refractivity contribution in [3.8, 4) is 0 Å². The zero-order chi connectivity index (χ0) is 25.4. The maximum atomic E-state index is 15.1. The summed E-state index contributed by atoms with van der Waals surface area (Å²) in [6.45, 7) is 2.47. The van der Waals surface area contributed by atoms with Gasteiger partial charge >= 0.3 is 18.1 Å². The van der Waals surface area contributed by atoms with Crippen molar-refractivity contribution in [2.75, 3.05) is 13.2 Å². The predicted molar refractivity (Wildman–Crippen MR) is 116 cm³/mol. The van der Waals surface area contributed by atoms with Crippen molar-refractivity contribution in [2.24, 2.45) is 0 Å². The number of hydrogen-bond acceptors (Lipinski definition) is 6. The Bertz CT molecular complexity index is 1210. The lowest BCUT2D eigenvalue weighted by Gasteiger charge is -2.49. The highest BCUT2D eigenvalue weighted by Gasteiger charge is 2.67. The molecule has 2 atom stereocenters. The normalized spacial score (nSPS) is 21.3. The first-order valence-electron chi connectivity index (χ1n) is 10.8. The number of carbonyl (C=O) groups is 2. The van der Waals surface area contributed by atoms with E-state index in [0.717, 1.165) is 29.2 Å². The summed E-state index contributed by atoms with van der Waals surface area (Å²) in [5.41, 5.74) is -4.94. The van der Waals surface area contributed by atoms with Gasteiger partial charge in [-0.15, -0.1) is 0 Å². The topological polar surface area (TPSA) is 65.1 Å². The SMILES string of the molecule is CCOC(=O)C1=C(C(=O)OCC)C(c2ccc(F)cc2)(C(F)(F)F)OC2c3ccccc3C=CN12. The molecule has 184 valence electrons. The zero-order valence-electron chi connectivity index (χ0n) is 18.8. The van der Waals surface area contributed by atoms with Gasteiger partial charge in [0.2, 0.25) is 5.60 Å². The van der Waals surface area contributed by atoms with Gasteiger partial charge in [-0.05, 0) is 43.2 Å². The number of nitrogens with zero attached hydrogens (tertiary/aromatic N) is 1. The summed E-state index contributed by atoms with van der Waals surface area (Å²) in [5, 5.41) is 0. The van der Waals surface area contributed by atoms with Gasteiger partial charge in [0.25, 0.3) is 0 Å². The minimum atomic E-state index is -5.27. The van der Waals surface area contributed by atoms with Gasteiger partial charge < -0.3 is 19.1 Å². The van der Waals surface area contributed by atoms with E-state index in [9.17, 15) is 14.0 Å². The number of esters is 2. The van der Waals surface area contributed by atoms with E-state index in [-0.39, 0.29) is 13.2 Å². The van der Waals surface area contributed by atoms with Crippen LogP contribution in [0.5, 0.6) is 0 Å². The summed E-state index contributed by atoms with van der Waals surface area (Å²) in [6, 6.07) is 9.91. The van der Waals surface area contributed by atoms with Gasteiger partial charge in [-0.25, -0.2) is 14.0 Å². The van der Waals surface area contributed by atoms with Crippen molar-refractivity contribution in [1.29, 1.82) is 0 Å². The highest BCUT2D eigenvalue weighted by Crippen LogP contribution is 2.56. The van der Waals surface area contributed by atoms with Crippen molar-refractivity contribution in [3.63, 3.8) is 0 Å². The second-order valence-corrected chi connectivity index (χ2v) is 7.67. The molecule has 0 fully saturated rings. The summed E-state index contributed by atoms with van der Waals surface area (Å²) in [7, 11) is 0. The highest BCUT2D eigenvalue weighted by molar-refractivity contribution is 6.02. The number of fused-ring (bicyclic) bond motifs is 3. The largest absolute Gasteiger partial charge is 0.462 e. The average Bonchev–Trinajstić information content (AvgIpc) is 2.82. The van der Waals surface area contributed by atoms with Crippen molar-refractivity contribution in [3.05, 3.63) is 88.5 Å². The Morgan fingerprint density at radius 2 is 1.63 bits per heavy atom. The van der Waals surface area contributed by atoms with Gasteiger partial charge in [0.1, 0.15) is 17.1 Å². The molecule has 4 rings (SSSR count). The smallest absolute Gasteiger partial charge is 0.426 e. The fourth-order valence-corrected chi connectivity index (χ4v) is 4.23. The van der Waals surface area contributed by atoms with Gasteiger partial charge in [-0.3, -0.25) is 0 Å². The average molecular weight is 491 g/mol. The van der Waals surface area contributed by atoms with Crippen LogP contribution in [0.3, 0.4) is 0 Å². The maximum Gasteiger partial charge on any atom is 0.426 e. The van der Waals surface area contributed by atoms with Crippen LogP contribution in [0.25, 0.3) is 6.08 Å². The molecule has 0 bridgehead atoms. The van der Waals surface area contributed by atoms with E-state index in [1.807, 2.05) is 0 Å². The van der Waals surface area contributed by atoms with Gasteiger partial charge in [0, 0.05) is 11.8 Å². The van der Waals surface area contributed by atoms with Gasteiger partial charge in [-0.1, -0.05) is 36.4 Å². The van der Waals surface area contributed by atoms with Gasteiger partial charge in [-0.2, -0.15) is 13.2 Å². The molecule has 0 aliphatic carbocycles. The minimum absolute atomic E-state index is 0.159. The van der Waals surface area contributed by atoms with Crippen molar-refractivity contribution in [1.82, 2.24) is 4.90 Å². The molecule has 2 aliphatic rings. The third kappa shape index (κ3) is 3.97. The monoisotopic (exact) mass is 491 g/mol. The van der Waals surface area contributed by atoms with Crippen LogP contribution < -0.4 is 0 Å². The van der Waals surface area contributed by atoms with Crippen molar-refractivity contribution in [2.45, 2.75) is 31.9 Å². The van der Waals surface area contributed by atoms with Crippen molar-refractivity contribution >= 4 is 18.0 Å². The first kappa shape index (κ1) is 24.5. The quantitative estimate of drug-likeness (QED) is 0.434. The summed E-state index contributed by atoms with van der Waals surface area (Å²) >= 11 is 0. The second-order valence-electron chi connectivity index (χ2n) is 7.67. The van der Waals surface area contributed by atoms with Crippen LogP contribution in [-0.2, 0) is 29.4 Å². The standard InChI is InChI=1S/C25H21F4NO5/c1-3-33-22(31)19-20(23(32)34-4-2)30-14-13-15-7-5-6-8-18(15)21(30)35-24(19,25(27,28)29)16-9-11-17(26)12-10-16/h5-14,21H,3-4H2,1-2H3. The number of halogens is 4. The third-order valence-electron chi connectivity index (χ3n) is 5.66. The second kappa shape index (κ2) is 9.18. The van der Waals surface area contributed by atoms with Crippen LogP contribution in [0.15, 0.2) is 66.0 Å². The lowest BCUT2D eigenvalue weighted by molar-refractivity contribution is -0.303. The molecule has 2 heterocycles. The fraction of sp³-hybridized carbons (Fsp3) is 0.280. The molecule has 2 aliphatic heterocycles. The molecule has 0 radical (unpaired) electrons. The van der Waals surface area contributed by atoms with E-state index in [2.05, 4.69) is 0 Å². The predicted octanol–water partition coefficient (Wildman–Crippen LogP) is 4.98. The molecule has 0 aromatic heterocycles. The Hall–Kier alpha value is -3.66. The number of rotatable bonds is 5. The maximum absolute atomic E-state index is 15.1. The van der Waals surface area contributed by atoms with E-state index < -0.39 is 52.6 Å². The highest BCUT2D eigenvalue weighted by atomic mass is 19.4. The molecule has 2 aromatic carbocycles. The van der Waals surface area contributed by atoms with Crippen LogP contribution in [-0.4, -0.2) is 36.2 Å². The van der Waals surface area contributed by atoms with Crippen molar-refractivity contribution < 1.29 is 41.4 Å². The van der Waals surface area contributed by atoms with E-state index >= 15 is 13.2 Å². The first-order valence-corrected chi connectivity index (χ1v) is 10.8. The Morgan fingerprint density at radius 1 is 1.00 bits per heavy atom. The molecule has 6 nitrogen and oxygen atoms in total. The summed E-state index contributed by atoms with van der Waals surface area (Å²) in [6.07, 6.45) is -3.80. The lowest BCUT2D eigenvalue weighted by Crippen LogP contribution is -2.56. The summed E-state index contributed by atoms with van der Waals surface area (Å²) < 4.78 is 75.0. The Labute approximate surface area is 198 Å². The Morgan fingerprint density at radius 3 is 2.26 bits per heavy atom. The molecule has 10 heteroatoms. The van der Waals surface area contributed by atoms with E-state index in [0.29, 0.717) is 11.1 Å². The van der Waals surface area contributed by atoms with Crippen LogP contribution in [0.1, 0.15) is 36.8 Å². The molecular formula is C25H21F4NO5. The van der Waals surface area contributed by atoms with Crippen LogP contribution in [0.4, 0.5) is 17.6 Å². The molecule has 2 aromatic rings. The molecule has 0 spiro atoms.